The van der Waals surface area contributed by atoms with Gasteiger partial charge in [0, 0.05) is 19.1 Å². The van der Waals surface area contributed by atoms with Crippen molar-refractivity contribution in [3.8, 4) is 0 Å². The highest BCUT2D eigenvalue weighted by atomic mass is 16.5. The Morgan fingerprint density at radius 2 is 1.94 bits per heavy atom. The third-order valence-electron chi connectivity index (χ3n) is 3.54. The van der Waals surface area contributed by atoms with E-state index >= 15 is 0 Å². The predicted octanol–water partition coefficient (Wildman–Crippen LogP) is 0.894. The summed E-state index contributed by atoms with van der Waals surface area (Å²) in [4.78, 5) is 14.0. The highest BCUT2D eigenvalue weighted by Crippen LogP contribution is 2.23. The van der Waals surface area contributed by atoms with Gasteiger partial charge >= 0.3 is 0 Å². The minimum absolute atomic E-state index is 0.153. The molecule has 2 aliphatic rings. The molecule has 0 bridgehead atoms. The summed E-state index contributed by atoms with van der Waals surface area (Å²) in [5, 5.41) is 0. The molecule has 2 rings (SSSR count). The van der Waals surface area contributed by atoms with Crippen molar-refractivity contribution in [3.05, 3.63) is 0 Å². The Bertz CT molecular complexity index is 245. The molecular formula is C12H22N2O2. The summed E-state index contributed by atoms with van der Waals surface area (Å²) in [6, 6.07) is 0.280. The van der Waals surface area contributed by atoms with Crippen LogP contribution in [0.2, 0.25) is 0 Å². The molecule has 1 heterocycles. The number of amides is 1. The average molecular weight is 226 g/mol. The summed E-state index contributed by atoms with van der Waals surface area (Å²) in [5.74, 6) is 0.153. The van der Waals surface area contributed by atoms with Crippen molar-refractivity contribution in [2.24, 2.45) is 5.73 Å². The summed E-state index contributed by atoms with van der Waals surface area (Å²) in [5.41, 5.74) is 5.69. The predicted molar refractivity (Wildman–Crippen MR) is 62.0 cm³/mol. The highest BCUT2D eigenvalue weighted by Gasteiger charge is 2.31. The first-order valence-corrected chi connectivity index (χ1v) is 6.36. The molecule has 2 N–H and O–H groups in total. The van der Waals surface area contributed by atoms with Gasteiger partial charge in [-0.25, -0.2) is 0 Å². The van der Waals surface area contributed by atoms with E-state index in [0.717, 1.165) is 38.8 Å². The molecular weight excluding hydrogens is 204 g/mol. The molecule has 92 valence electrons. The van der Waals surface area contributed by atoms with E-state index in [2.05, 4.69) is 0 Å². The fourth-order valence-electron chi connectivity index (χ4n) is 2.44. The zero-order valence-electron chi connectivity index (χ0n) is 10.0. The van der Waals surface area contributed by atoms with E-state index in [1.54, 1.807) is 0 Å². The largest absolute Gasteiger partial charge is 0.365 e. The molecule has 2 fully saturated rings. The van der Waals surface area contributed by atoms with Gasteiger partial charge in [-0.2, -0.15) is 0 Å². The van der Waals surface area contributed by atoms with Crippen LogP contribution in [0.5, 0.6) is 0 Å². The molecule has 1 saturated heterocycles. The molecule has 1 atom stereocenters. The maximum Gasteiger partial charge on any atom is 0.251 e. The second-order valence-electron chi connectivity index (χ2n) is 5.02. The molecule has 1 unspecified atom stereocenters. The number of hydrogen-bond donors (Lipinski definition) is 1. The zero-order chi connectivity index (χ0) is 11.5. The molecule has 0 aromatic rings. The lowest BCUT2D eigenvalue weighted by Gasteiger charge is -2.36. The monoisotopic (exact) mass is 226 g/mol. The Labute approximate surface area is 97.1 Å². The number of carbonyl (C=O) groups excluding carboxylic acids is 1. The smallest absolute Gasteiger partial charge is 0.251 e. The first kappa shape index (κ1) is 11.9. The van der Waals surface area contributed by atoms with Crippen LogP contribution < -0.4 is 5.73 Å². The molecule has 1 aliphatic heterocycles. The summed E-state index contributed by atoms with van der Waals surface area (Å²) < 4.78 is 5.70. The van der Waals surface area contributed by atoms with Gasteiger partial charge in [0.25, 0.3) is 5.91 Å². The maximum absolute atomic E-state index is 12.0. The Morgan fingerprint density at radius 3 is 2.50 bits per heavy atom. The van der Waals surface area contributed by atoms with E-state index in [1.807, 2.05) is 11.8 Å². The summed E-state index contributed by atoms with van der Waals surface area (Å²) >= 11 is 0. The van der Waals surface area contributed by atoms with Crippen LogP contribution in [0, 0.1) is 0 Å². The van der Waals surface area contributed by atoms with Crippen LogP contribution in [-0.2, 0) is 9.53 Å². The molecule has 0 aromatic carbocycles. The van der Waals surface area contributed by atoms with Gasteiger partial charge in [-0.1, -0.05) is 0 Å². The van der Waals surface area contributed by atoms with Gasteiger partial charge in [0.05, 0.1) is 6.10 Å². The maximum atomic E-state index is 12.0. The van der Waals surface area contributed by atoms with Crippen molar-refractivity contribution in [2.75, 3.05) is 13.1 Å². The topological polar surface area (TPSA) is 55.6 Å². The van der Waals surface area contributed by atoms with Crippen LogP contribution in [0.25, 0.3) is 0 Å². The van der Waals surface area contributed by atoms with Gasteiger partial charge in [-0.05, 0) is 39.0 Å². The van der Waals surface area contributed by atoms with E-state index in [0.29, 0.717) is 0 Å². The fourth-order valence-corrected chi connectivity index (χ4v) is 2.44. The molecule has 0 radical (unpaired) electrons. The van der Waals surface area contributed by atoms with Crippen LogP contribution in [0.4, 0.5) is 0 Å². The fraction of sp³-hybridized carbons (Fsp3) is 0.917. The van der Waals surface area contributed by atoms with E-state index in [9.17, 15) is 4.79 Å². The number of carbonyl (C=O) groups is 1. The molecule has 1 amide bonds. The van der Waals surface area contributed by atoms with Gasteiger partial charge in [-0.3, -0.25) is 4.79 Å². The minimum atomic E-state index is -0.296. The number of hydrogen-bond acceptors (Lipinski definition) is 3. The van der Waals surface area contributed by atoms with Gasteiger partial charge in [0.2, 0.25) is 0 Å². The SMILES string of the molecule is CC(OC1CC(N)C1)C(=O)N1CCCCC1. The van der Waals surface area contributed by atoms with E-state index < -0.39 is 0 Å². The summed E-state index contributed by atoms with van der Waals surface area (Å²) in [6.07, 6.45) is 5.22. The van der Waals surface area contributed by atoms with Crippen molar-refractivity contribution < 1.29 is 9.53 Å². The standard InChI is InChI=1S/C12H22N2O2/c1-9(16-11-7-10(13)8-11)12(15)14-5-3-2-4-6-14/h9-11H,2-8,13H2,1H3. The quantitative estimate of drug-likeness (QED) is 0.777. The van der Waals surface area contributed by atoms with Gasteiger partial charge in [-0.15, -0.1) is 0 Å². The van der Waals surface area contributed by atoms with Crippen LogP contribution in [0.15, 0.2) is 0 Å². The normalized spacial score (nSPS) is 32.0. The third kappa shape index (κ3) is 2.74. The van der Waals surface area contributed by atoms with Crippen molar-refractivity contribution in [1.82, 2.24) is 4.90 Å². The van der Waals surface area contributed by atoms with Crippen molar-refractivity contribution in [1.29, 1.82) is 0 Å². The zero-order valence-corrected chi connectivity index (χ0v) is 10.0. The molecule has 4 nitrogen and oxygen atoms in total. The lowest BCUT2D eigenvalue weighted by Crippen LogP contribution is -2.47. The lowest BCUT2D eigenvalue weighted by molar-refractivity contribution is -0.150. The Balaban J connectivity index is 1.74. The van der Waals surface area contributed by atoms with Crippen molar-refractivity contribution in [3.63, 3.8) is 0 Å². The number of likely N-dealkylation sites (tertiary alicyclic amines) is 1. The van der Waals surface area contributed by atoms with E-state index in [-0.39, 0.29) is 24.2 Å². The first-order valence-electron chi connectivity index (χ1n) is 6.36. The minimum Gasteiger partial charge on any atom is -0.365 e. The Hall–Kier alpha value is -0.610. The second-order valence-corrected chi connectivity index (χ2v) is 5.02. The molecule has 1 saturated carbocycles. The molecule has 16 heavy (non-hydrogen) atoms. The van der Waals surface area contributed by atoms with Crippen LogP contribution in [0.3, 0.4) is 0 Å². The third-order valence-corrected chi connectivity index (χ3v) is 3.54. The molecule has 0 spiro atoms. The van der Waals surface area contributed by atoms with E-state index in [4.69, 9.17) is 10.5 Å². The highest BCUT2D eigenvalue weighted by molar-refractivity contribution is 5.80. The number of ether oxygens (including phenoxy) is 1. The first-order chi connectivity index (χ1) is 7.66. The second kappa shape index (κ2) is 5.15. The molecule has 4 heteroatoms. The Morgan fingerprint density at radius 1 is 1.31 bits per heavy atom. The summed E-state index contributed by atoms with van der Waals surface area (Å²) in [6.45, 7) is 3.66. The number of piperidine rings is 1. The van der Waals surface area contributed by atoms with Gasteiger partial charge < -0.3 is 15.4 Å². The summed E-state index contributed by atoms with van der Waals surface area (Å²) in [7, 11) is 0. The van der Waals surface area contributed by atoms with Crippen LogP contribution in [0.1, 0.15) is 39.0 Å². The van der Waals surface area contributed by atoms with Crippen LogP contribution in [-0.4, -0.2) is 42.1 Å². The lowest BCUT2D eigenvalue weighted by atomic mass is 9.90. The number of rotatable bonds is 3. The molecule has 1 aliphatic carbocycles. The van der Waals surface area contributed by atoms with E-state index in [1.165, 1.54) is 6.42 Å². The van der Waals surface area contributed by atoms with Gasteiger partial charge in [0.1, 0.15) is 6.10 Å². The Kier molecular flexibility index (Phi) is 3.82. The number of nitrogens with zero attached hydrogens (tertiary/aromatic N) is 1. The van der Waals surface area contributed by atoms with Crippen molar-refractivity contribution in [2.45, 2.75) is 57.3 Å². The van der Waals surface area contributed by atoms with Gasteiger partial charge in [0.15, 0.2) is 0 Å². The van der Waals surface area contributed by atoms with Crippen molar-refractivity contribution >= 4 is 5.91 Å². The van der Waals surface area contributed by atoms with Crippen LogP contribution >= 0.6 is 0 Å². The molecule has 0 aromatic heterocycles. The number of nitrogens with two attached hydrogens (primary N) is 1. The average Bonchev–Trinajstić information content (AvgIpc) is 2.27.